The Morgan fingerprint density at radius 2 is 2.41 bits per heavy atom. The molecule has 1 aromatic heterocycles. The fraction of sp³-hybridized carbons (Fsp3) is 0.417. The van der Waals surface area contributed by atoms with Gasteiger partial charge in [0.25, 0.3) is 0 Å². The maximum absolute atomic E-state index is 10.4. The van der Waals surface area contributed by atoms with Crippen molar-refractivity contribution in [2.75, 3.05) is 6.61 Å². The average Bonchev–Trinajstić information content (AvgIpc) is 2.72. The lowest BCUT2D eigenvalue weighted by atomic mass is 10.3. The van der Waals surface area contributed by atoms with Crippen molar-refractivity contribution in [1.29, 1.82) is 0 Å². The summed E-state index contributed by atoms with van der Waals surface area (Å²) in [4.78, 5) is 11.6. The number of hydrogen-bond donors (Lipinski definition) is 2. The van der Waals surface area contributed by atoms with Gasteiger partial charge >= 0.3 is 5.97 Å². The third kappa shape index (κ3) is 5.91. The molecular formula is C12H16O3S2. The van der Waals surface area contributed by atoms with Crippen LogP contribution in [0.25, 0.3) is 6.08 Å². The normalized spacial score (nSPS) is 13.1. The van der Waals surface area contributed by atoms with Crippen LogP contribution in [0.3, 0.4) is 0 Å². The second-order valence-corrected chi connectivity index (χ2v) is 6.07. The van der Waals surface area contributed by atoms with Crippen LogP contribution in [0.1, 0.15) is 23.8 Å². The largest absolute Gasteiger partial charge is 0.478 e. The van der Waals surface area contributed by atoms with Crippen LogP contribution in [-0.2, 0) is 10.5 Å². The molecule has 17 heavy (non-hydrogen) atoms. The van der Waals surface area contributed by atoms with Gasteiger partial charge in [0.15, 0.2) is 0 Å². The van der Waals surface area contributed by atoms with Crippen LogP contribution in [0, 0.1) is 0 Å². The van der Waals surface area contributed by atoms with Gasteiger partial charge in [-0.2, -0.15) is 11.8 Å². The first-order valence-electron chi connectivity index (χ1n) is 5.32. The number of thiophene rings is 1. The summed E-state index contributed by atoms with van der Waals surface area (Å²) in [6.45, 7) is 2.32. The highest BCUT2D eigenvalue weighted by Gasteiger charge is 2.04. The summed E-state index contributed by atoms with van der Waals surface area (Å²) in [5.41, 5.74) is 0.933. The maximum atomic E-state index is 10.4. The number of carboxylic acids is 1. The zero-order valence-corrected chi connectivity index (χ0v) is 11.3. The van der Waals surface area contributed by atoms with Crippen LogP contribution in [0.5, 0.6) is 0 Å². The Labute approximate surface area is 109 Å². The van der Waals surface area contributed by atoms with Crippen molar-refractivity contribution in [1.82, 2.24) is 0 Å². The van der Waals surface area contributed by atoms with Crippen molar-refractivity contribution in [2.45, 2.75) is 24.3 Å². The molecular weight excluding hydrogens is 256 g/mol. The van der Waals surface area contributed by atoms with E-state index in [0.29, 0.717) is 5.25 Å². The van der Waals surface area contributed by atoms with E-state index in [9.17, 15) is 4.79 Å². The number of aliphatic hydroxyl groups is 1. The summed E-state index contributed by atoms with van der Waals surface area (Å²) in [7, 11) is 0. The molecule has 0 bridgehead atoms. The molecule has 3 nitrogen and oxygen atoms in total. The molecule has 0 saturated heterocycles. The van der Waals surface area contributed by atoms with E-state index in [1.54, 1.807) is 29.2 Å². The van der Waals surface area contributed by atoms with Crippen LogP contribution in [0.15, 0.2) is 17.5 Å². The van der Waals surface area contributed by atoms with Crippen LogP contribution >= 0.6 is 23.1 Å². The highest BCUT2D eigenvalue weighted by molar-refractivity contribution is 7.99. The number of aliphatic hydroxyl groups excluding tert-OH is 1. The Morgan fingerprint density at radius 1 is 1.65 bits per heavy atom. The predicted octanol–water partition coefficient (Wildman–Crippen LogP) is 2.85. The van der Waals surface area contributed by atoms with Crippen molar-refractivity contribution in [3.8, 4) is 0 Å². The minimum atomic E-state index is -0.927. The highest BCUT2D eigenvalue weighted by Crippen LogP contribution is 2.24. The van der Waals surface area contributed by atoms with Gasteiger partial charge in [-0.3, -0.25) is 0 Å². The van der Waals surface area contributed by atoms with Gasteiger partial charge in [-0.1, -0.05) is 6.92 Å². The SMILES string of the molecule is CC(CCO)SCc1cc(C=CC(=O)O)cs1. The number of carbonyl (C=O) groups is 1. The Morgan fingerprint density at radius 3 is 3.06 bits per heavy atom. The fourth-order valence-electron chi connectivity index (χ4n) is 1.22. The van der Waals surface area contributed by atoms with E-state index >= 15 is 0 Å². The zero-order chi connectivity index (χ0) is 12.7. The lowest BCUT2D eigenvalue weighted by molar-refractivity contribution is -0.131. The van der Waals surface area contributed by atoms with E-state index in [-0.39, 0.29) is 6.61 Å². The molecule has 0 spiro atoms. The van der Waals surface area contributed by atoms with Crippen molar-refractivity contribution >= 4 is 35.1 Å². The lowest BCUT2D eigenvalue weighted by Gasteiger charge is -2.07. The van der Waals surface area contributed by atoms with Gasteiger partial charge in [-0.25, -0.2) is 4.79 Å². The molecule has 1 unspecified atom stereocenters. The van der Waals surface area contributed by atoms with Gasteiger partial charge in [0.05, 0.1) is 0 Å². The number of hydrogen-bond acceptors (Lipinski definition) is 4. The monoisotopic (exact) mass is 272 g/mol. The molecule has 94 valence electrons. The minimum absolute atomic E-state index is 0.227. The molecule has 0 fully saturated rings. The van der Waals surface area contributed by atoms with E-state index in [0.717, 1.165) is 23.8 Å². The van der Waals surface area contributed by atoms with E-state index in [2.05, 4.69) is 6.92 Å². The third-order valence-corrected chi connectivity index (χ3v) is 4.56. The van der Waals surface area contributed by atoms with E-state index < -0.39 is 5.97 Å². The summed E-state index contributed by atoms with van der Waals surface area (Å²) in [6.07, 6.45) is 3.55. The molecule has 0 aliphatic carbocycles. The second kappa shape index (κ2) is 7.53. The molecule has 0 aliphatic rings. The Balaban J connectivity index is 2.43. The molecule has 1 aromatic rings. The minimum Gasteiger partial charge on any atom is -0.478 e. The second-order valence-electron chi connectivity index (χ2n) is 3.65. The van der Waals surface area contributed by atoms with Gasteiger partial charge in [0, 0.05) is 28.6 Å². The van der Waals surface area contributed by atoms with Crippen molar-refractivity contribution < 1.29 is 15.0 Å². The summed E-state index contributed by atoms with van der Waals surface area (Å²) >= 11 is 3.44. The fourth-order valence-corrected chi connectivity index (χ4v) is 3.14. The van der Waals surface area contributed by atoms with Gasteiger partial charge in [0.2, 0.25) is 0 Å². The van der Waals surface area contributed by atoms with Gasteiger partial charge < -0.3 is 10.2 Å². The van der Waals surface area contributed by atoms with Crippen LogP contribution in [-0.4, -0.2) is 28.0 Å². The first-order chi connectivity index (χ1) is 8.11. The number of thioether (sulfide) groups is 1. The summed E-state index contributed by atoms with van der Waals surface area (Å²) < 4.78 is 0. The summed E-state index contributed by atoms with van der Waals surface area (Å²) in [5.74, 6) is -0.0177. The average molecular weight is 272 g/mol. The van der Waals surface area contributed by atoms with Crippen molar-refractivity contribution in [2.24, 2.45) is 0 Å². The smallest absolute Gasteiger partial charge is 0.328 e. The van der Waals surface area contributed by atoms with Crippen LogP contribution in [0.4, 0.5) is 0 Å². The Kier molecular flexibility index (Phi) is 6.32. The Hall–Kier alpha value is -0.780. The van der Waals surface area contributed by atoms with Crippen molar-refractivity contribution in [3.63, 3.8) is 0 Å². The number of aliphatic carboxylic acids is 1. The number of rotatable bonds is 7. The summed E-state index contributed by atoms with van der Waals surface area (Å²) in [5, 5.41) is 19.7. The maximum Gasteiger partial charge on any atom is 0.328 e. The molecule has 5 heteroatoms. The highest BCUT2D eigenvalue weighted by atomic mass is 32.2. The number of carboxylic acid groups (broad SMARTS) is 1. The lowest BCUT2D eigenvalue weighted by Crippen LogP contribution is -1.99. The van der Waals surface area contributed by atoms with Crippen LogP contribution < -0.4 is 0 Å². The van der Waals surface area contributed by atoms with Gasteiger partial charge in [-0.05, 0) is 29.5 Å². The molecule has 0 amide bonds. The van der Waals surface area contributed by atoms with Crippen LogP contribution in [0.2, 0.25) is 0 Å². The van der Waals surface area contributed by atoms with Crippen molar-refractivity contribution in [3.05, 3.63) is 28.0 Å². The molecule has 0 radical (unpaired) electrons. The Bertz CT molecular complexity index is 385. The first-order valence-corrected chi connectivity index (χ1v) is 7.25. The van der Waals surface area contributed by atoms with Gasteiger partial charge in [-0.15, -0.1) is 11.3 Å². The summed E-state index contributed by atoms with van der Waals surface area (Å²) in [6, 6.07) is 2.00. The topological polar surface area (TPSA) is 57.5 Å². The molecule has 0 aliphatic heterocycles. The molecule has 1 atom stereocenters. The zero-order valence-electron chi connectivity index (χ0n) is 9.63. The molecule has 1 heterocycles. The van der Waals surface area contributed by atoms with E-state index in [1.807, 2.05) is 11.4 Å². The molecule has 0 saturated carbocycles. The van der Waals surface area contributed by atoms with E-state index in [4.69, 9.17) is 10.2 Å². The van der Waals surface area contributed by atoms with Gasteiger partial charge in [0.1, 0.15) is 0 Å². The first kappa shape index (κ1) is 14.3. The van der Waals surface area contributed by atoms with E-state index in [1.165, 1.54) is 4.88 Å². The standard InChI is InChI=1S/C12H16O3S2/c1-9(4-5-13)16-8-11-6-10(7-17-11)2-3-12(14)15/h2-3,6-7,9,13H,4-5,8H2,1H3,(H,14,15). The molecule has 2 N–H and O–H groups in total. The quantitative estimate of drug-likeness (QED) is 0.749. The third-order valence-electron chi connectivity index (χ3n) is 2.14. The predicted molar refractivity (Wildman–Crippen MR) is 73.4 cm³/mol. The molecule has 0 aromatic carbocycles. The molecule has 1 rings (SSSR count).